The van der Waals surface area contributed by atoms with Crippen molar-refractivity contribution in [3.8, 4) is 0 Å². The molecule has 0 spiro atoms. The maximum Gasteiger partial charge on any atom is 0.268 e. The van der Waals surface area contributed by atoms with E-state index in [2.05, 4.69) is 15.5 Å². The monoisotopic (exact) mass is 215 g/mol. The largest absolute Gasteiger partial charge is 0.332 e. The molecule has 0 aliphatic heterocycles. The van der Waals surface area contributed by atoms with Crippen molar-refractivity contribution in [3.05, 3.63) is 42.3 Å². The first kappa shape index (κ1) is 10.4. The molecule has 0 fully saturated rings. The first-order valence-corrected chi connectivity index (χ1v) is 5.08. The second-order valence-electron chi connectivity index (χ2n) is 3.39. The summed E-state index contributed by atoms with van der Waals surface area (Å²) in [6.07, 6.45) is 1.93. The van der Waals surface area contributed by atoms with Crippen molar-refractivity contribution in [3.63, 3.8) is 0 Å². The lowest BCUT2D eigenvalue weighted by molar-refractivity contribution is 0.408. The predicted octanol–water partition coefficient (Wildman–Crippen LogP) is 3.24. The predicted molar refractivity (Wildman–Crippen MR) is 63.3 cm³/mol. The maximum atomic E-state index is 5.10. The summed E-state index contributed by atoms with van der Waals surface area (Å²) in [5, 5.41) is 6.90. The van der Waals surface area contributed by atoms with Crippen LogP contribution < -0.4 is 5.32 Å². The van der Waals surface area contributed by atoms with Gasteiger partial charge in [-0.05, 0) is 31.1 Å². The first-order chi connectivity index (χ1) is 7.79. The Morgan fingerprint density at radius 1 is 1.31 bits per heavy atom. The molecule has 4 nitrogen and oxygen atoms in total. The quantitative estimate of drug-likeness (QED) is 0.853. The Morgan fingerprint density at radius 2 is 2.06 bits per heavy atom. The van der Waals surface area contributed by atoms with Crippen LogP contribution in [0.5, 0.6) is 0 Å². The molecule has 1 aromatic carbocycles. The van der Waals surface area contributed by atoms with E-state index in [0.29, 0.717) is 11.8 Å². The second kappa shape index (κ2) is 4.61. The summed E-state index contributed by atoms with van der Waals surface area (Å²) in [4.78, 5) is 4.22. The van der Waals surface area contributed by atoms with E-state index < -0.39 is 0 Å². The zero-order valence-electron chi connectivity index (χ0n) is 9.27. The van der Waals surface area contributed by atoms with Crippen molar-refractivity contribution in [1.29, 1.82) is 0 Å². The van der Waals surface area contributed by atoms with Crippen LogP contribution in [0.15, 0.2) is 40.9 Å². The summed E-state index contributed by atoms with van der Waals surface area (Å²) in [6.45, 7) is 3.86. The van der Waals surface area contributed by atoms with Crippen molar-refractivity contribution in [1.82, 2.24) is 10.1 Å². The summed E-state index contributed by atoms with van der Waals surface area (Å²) in [5.41, 5.74) is 1.90. The minimum Gasteiger partial charge on any atom is -0.332 e. The molecule has 0 saturated carbocycles. The van der Waals surface area contributed by atoms with Crippen LogP contribution in [0.1, 0.15) is 19.7 Å². The van der Waals surface area contributed by atoms with E-state index in [1.807, 2.05) is 50.3 Å². The van der Waals surface area contributed by atoms with Gasteiger partial charge in [-0.1, -0.05) is 24.3 Å². The van der Waals surface area contributed by atoms with Gasteiger partial charge in [0.05, 0.1) is 0 Å². The molecular weight excluding hydrogens is 202 g/mol. The molecule has 1 aromatic heterocycles. The lowest BCUT2D eigenvalue weighted by Crippen LogP contribution is -1.91. The van der Waals surface area contributed by atoms with Gasteiger partial charge in [-0.15, -0.1) is 0 Å². The molecular formula is C12H13N3O. The normalized spacial score (nSPS) is 11.5. The molecule has 0 amide bonds. The molecule has 0 atom stereocenters. The Labute approximate surface area is 94.0 Å². The average Bonchev–Trinajstić information content (AvgIpc) is 2.78. The van der Waals surface area contributed by atoms with Crippen molar-refractivity contribution in [2.75, 3.05) is 5.32 Å². The van der Waals surface area contributed by atoms with E-state index in [1.165, 1.54) is 0 Å². The Kier molecular flexibility index (Phi) is 3.00. The fraction of sp³-hybridized carbons (Fsp3) is 0.167. The van der Waals surface area contributed by atoms with Crippen LogP contribution in [0.4, 0.5) is 11.6 Å². The minimum absolute atomic E-state index is 0.474. The van der Waals surface area contributed by atoms with Gasteiger partial charge < -0.3 is 9.84 Å². The third-order valence-electron chi connectivity index (χ3n) is 2.23. The van der Waals surface area contributed by atoms with E-state index in [4.69, 9.17) is 4.52 Å². The molecule has 0 radical (unpaired) electrons. The molecule has 82 valence electrons. The van der Waals surface area contributed by atoms with E-state index in [9.17, 15) is 0 Å². The van der Waals surface area contributed by atoms with Crippen LogP contribution in [-0.2, 0) is 0 Å². The molecule has 4 heteroatoms. The second-order valence-corrected chi connectivity index (χ2v) is 3.39. The number of allylic oxidation sites excluding steroid dienone is 2. The fourth-order valence-electron chi connectivity index (χ4n) is 1.21. The van der Waals surface area contributed by atoms with Gasteiger partial charge in [0.1, 0.15) is 0 Å². The maximum absolute atomic E-state index is 5.10. The number of anilines is 2. The molecule has 1 heterocycles. The van der Waals surface area contributed by atoms with Crippen molar-refractivity contribution in [2.45, 2.75) is 13.8 Å². The molecule has 1 N–H and O–H groups in total. The van der Waals surface area contributed by atoms with Crippen molar-refractivity contribution >= 4 is 17.2 Å². The Morgan fingerprint density at radius 3 is 2.75 bits per heavy atom. The van der Waals surface area contributed by atoms with Gasteiger partial charge in [-0.2, -0.15) is 4.98 Å². The van der Waals surface area contributed by atoms with Gasteiger partial charge >= 0.3 is 0 Å². The summed E-state index contributed by atoms with van der Waals surface area (Å²) in [6, 6.07) is 9.73. The van der Waals surface area contributed by atoms with Gasteiger partial charge in [0.25, 0.3) is 11.8 Å². The number of rotatable bonds is 3. The highest BCUT2D eigenvalue weighted by Crippen LogP contribution is 2.16. The zero-order chi connectivity index (χ0) is 11.4. The third-order valence-corrected chi connectivity index (χ3v) is 2.23. The lowest BCUT2D eigenvalue weighted by atomic mass is 10.3. The van der Waals surface area contributed by atoms with Crippen LogP contribution in [0.2, 0.25) is 0 Å². The fourth-order valence-corrected chi connectivity index (χ4v) is 1.21. The summed E-state index contributed by atoms with van der Waals surface area (Å²) < 4.78 is 5.10. The third kappa shape index (κ3) is 2.28. The standard InChI is InChI=1S/C12H13N3O/c1-3-9(2)11-14-12(15-16-11)13-10-7-5-4-6-8-10/h3-8H,1-2H3,(H,13,15). The highest BCUT2D eigenvalue weighted by molar-refractivity contribution is 5.58. The van der Waals surface area contributed by atoms with Crippen molar-refractivity contribution < 1.29 is 4.52 Å². The van der Waals surface area contributed by atoms with Crippen molar-refractivity contribution in [2.24, 2.45) is 0 Å². The van der Waals surface area contributed by atoms with Gasteiger partial charge in [-0.3, -0.25) is 0 Å². The van der Waals surface area contributed by atoms with Gasteiger partial charge in [-0.25, -0.2) is 0 Å². The number of nitrogens with zero attached hydrogens (tertiary/aromatic N) is 2. The molecule has 0 aliphatic rings. The smallest absolute Gasteiger partial charge is 0.268 e. The number of nitrogens with one attached hydrogen (secondary N) is 1. The Bertz CT molecular complexity index is 488. The molecule has 2 aromatic rings. The highest BCUT2D eigenvalue weighted by atomic mass is 16.5. The number of hydrogen-bond acceptors (Lipinski definition) is 4. The summed E-state index contributed by atoms with van der Waals surface area (Å²) in [7, 11) is 0. The van der Waals surface area contributed by atoms with Crippen LogP contribution >= 0.6 is 0 Å². The van der Waals surface area contributed by atoms with Crippen LogP contribution in [-0.4, -0.2) is 10.1 Å². The van der Waals surface area contributed by atoms with E-state index >= 15 is 0 Å². The van der Waals surface area contributed by atoms with Gasteiger partial charge in [0, 0.05) is 11.3 Å². The zero-order valence-corrected chi connectivity index (χ0v) is 9.27. The highest BCUT2D eigenvalue weighted by Gasteiger charge is 2.06. The molecule has 16 heavy (non-hydrogen) atoms. The molecule has 2 rings (SSSR count). The number of aromatic nitrogens is 2. The Balaban J connectivity index is 2.15. The summed E-state index contributed by atoms with van der Waals surface area (Å²) >= 11 is 0. The number of para-hydroxylation sites is 1. The van der Waals surface area contributed by atoms with E-state index in [-0.39, 0.29) is 0 Å². The van der Waals surface area contributed by atoms with Gasteiger partial charge in [0.2, 0.25) is 0 Å². The van der Waals surface area contributed by atoms with Crippen LogP contribution in [0.3, 0.4) is 0 Å². The van der Waals surface area contributed by atoms with Gasteiger partial charge in [0.15, 0.2) is 0 Å². The number of benzene rings is 1. The summed E-state index contributed by atoms with van der Waals surface area (Å²) in [5.74, 6) is 1.02. The molecule has 0 aliphatic carbocycles. The number of hydrogen-bond donors (Lipinski definition) is 1. The SMILES string of the molecule is CC=C(C)c1nc(Nc2ccccc2)no1. The Hall–Kier alpha value is -2.10. The van der Waals surface area contributed by atoms with E-state index in [1.54, 1.807) is 0 Å². The first-order valence-electron chi connectivity index (χ1n) is 5.08. The molecule has 0 saturated heterocycles. The van der Waals surface area contributed by atoms with Crippen LogP contribution in [0, 0.1) is 0 Å². The average molecular weight is 215 g/mol. The molecule has 0 unspecified atom stereocenters. The lowest BCUT2D eigenvalue weighted by Gasteiger charge is -1.98. The van der Waals surface area contributed by atoms with E-state index in [0.717, 1.165) is 11.3 Å². The topological polar surface area (TPSA) is 51.0 Å². The molecule has 0 bridgehead atoms. The minimum atomic E-state index is 0.474. The van der Waals surface area contributed by atoms with Crippen LogP contribution in [0.25, 0.3) is 5.57 Å².